The largest absolute Gasteiger partial charge is 0.379 e. The first-order chi connectivity index (χ1) is 8.63. The van der Waals surface area contributed by atoms with Gasteiger partial charge in [0.05, 0.1) is 12.1 Å². The molecule has 1 aliphatic heterocycles. The first-order valence-electron chi connectivity index (χ1n) is 5.77. The standard InChI is InChI=1S/C12H17NO5/c1-16-8-6-7(11(17-2)12(8)18-3)13-9(14)4-5-10(13)15/h4-5,7-8,11-12H,6H2,1-3H3/t7-,8?,11-,12-/m0/s1. The lowest BCUT2D eigenvalue weighted by molar-refractivity contribution is -0.143. The topological polar surface area (TPSA) is 65.1 Å². The third kappa shape index (κ3) is 1.96. The van der Waals surface area contributed by atoms with E-state index >= 15 is 0 Å². The lowest BCUT2D eigenvalue weighted by Gasteiger charge is -2.28. The number of carbonyl (C=O) groups is 2. The van der Waals surface area contributed by atoms with Gasteiger partial charge in [0.25, 0.3) is 11.8 Å². The summed E-state index contributed by atoms with van der Waals surface area (Å²) < 4.78 is 16.1. The predicted octanol–water partition coefficient (Wildman–Crippen LogP) is -0.271. The normalized spacial score (nSPS) is 35.8. The molecule has 1 heterocycles. The summed E-state index contributed by atoms with van der Waals surface area (Å²) in [5, 5.41) is 0. The third-order valence-corrected chi connectivity index (χ3v) is 3.57. The molecule has 6 nitrogen and oxygen atoms in total. The number of nitrogens with zero attached hydrogens (tertiary/aromatic N) is 1. The number of hydrogen-bond acceptors (Lipinski definition) is 5. The van der Waals surface area contributed by atoms with E-state index in [4.69, 9.17) is 14.2 Å². The Labute approximate surface area is 105 Å². The fourth-order valence-corrected chi connectivity index (χ4v) is 2.74. The van der Waals surface area contributed by atoms with Gasteiger partial charge < -0.3 is 14.2 Å². The monoisotopic (exact) mass is 255 g/mol. The molecule has 1 saturated carbocycles. The molecule has 2 amide bonds. The van der Waals surface area contributed by atoms with Crippen molar-refractivity contribution in [3.8, 4) is 0 Å². The first kappa shape index (κ1) is 13.2. The van der Waals surface area contributed by atoms with Crippen molar-refractivity contribution in [1.29, 1.82) is 0 Å². The fourth-order valence-electron chi connectivity index (χ4n) is 2.74. The molecule has 0 aromatic rings. The van der Waals surface area contributed by atoms with E-state index in [2.05, 4.69) is 0 Å². The molecule has 0 saturated heterocycles. The van der Waals surface area contributed by atoms with Crippen LogP contribution in [0.15, 0.2) is 12.2 Å². The van der Waals surface area contributed by atoms with Crippen LogP contribution in [0, 0.1) is 0 Å². The Balaban J connectivity index is 2.22. The van der Waals surface area contributed by atoms with Crippen molar-refractivity contribution in [2.24, 2.45) is 0 Å². The lowest BCUT2D eigenvalue weighted by Crippen LogP contribution is -2.47. The summed E-state index contributed by atoms with van der Waals surface area (Å²) in [7, 11) is 4.69. The maximum absolute atomic E-state index is 11.7. The zero-order valence-corrected chi connectivity index (χ0v) is 10.7. The molecule has 0 aromatic carbocycles. The van der Waals surface area contributed by atoms with E-state index in [0.29, 0.717) is 6.42 Å². The van der Waals surface area contributed by atoms with Crippen LogP contribution in [0.4, 0.5) is 0 Å². The van der Waals surface area contributed by atoms with Crippen LogP contribution < -0.4 is 0 Å². The van der Waals surface area contributed by atoms with Gasteiger partial charge in [-0.25, -0.2) is 0 Å². The van der Waals surface area contributed by atoms with E-state index in [1.165, 1.54) is 17.1 Å². The van der Waals surface area contributed by atoms with Crippen molar-refractivity contribution < 1.29 is 23.8 Å². The van der Waals surface area contributed by atoms with Crippen molar-refractivity contribution in [3.63, 3.8) is 0 Å². The van der Waals surface area contributed by atoms with Gasteiger partial charge in [0.15, 0.2) is 0 Å². The summed E-state index contributed by atoms with van der Waals surface area (Å²) in [6, 6.07) is -0.347. The summed E-state index contributed by atoms with van der Waals surface area (Å²) >= 11 is 0. The van der Waals surface area contributed by atoms with Crippen LogP contribution in [0.25, 0.3) is 0 Å². The van der Waals surface area contributed by atoms with Gasteiger partial charge >= 0.3 is 0 Å². The van der Waals surface area contributed by atoms with Crippen LogP contribution in [0.2, 0.25) is 0 Å². The highest BCUT2D eigenvalue weighted by molar-refractivity contribution is 6.13. The van der Waals surface area contributed by atoms with Crippen LogP contribution in [0.1, 0.15) is 6.42 Å². The Kier molecular flexibility index (Phi) is 3.79. The van der Waals surface area contributed by atoms with Gasteiger partial charge in [-0.1, -0.05) is 0 Å². The smallest absolute Gasteiger partial charge is 0.253 e. The zero-order valence-electron chi connectivity index (χ0n) is 10.7. The van der Waals surface area contributed by atoms with Crippen molar-refractivity contribution in [2.75, 3.05) is 21.3 Å². The van der Waals surface area contributed by atoms with Gasteiger partial charge in [0.2, 0.25) is 0 Å². The molecule has 2 rings (SSSR count). The molecule has 0 spiro atoms. The van der Waals surface area contributed by atoms with E-state index in [1.807, 2.05) is 0 Å². The number of imide groups is 1. The lowest BCUT2D eigenvalue weighted by atomic mass is 10.1. The number of carbonyl (C=O) groups excluding carboxylic acids is 2. The third-order valence-electron chi connectivity index (χ3n) is 3.57. The molecular formula is C12H17NO5. The summed E-state index contributed by atoms with van der Waals surface area (Å²) in [5.41, 5.74) is 0. The number of methoxy groups -OCH3 is 3. The molecule has 0 radical (unpaired) electrons. The van der Waals surface area contributed by atoms with Crippen molar-refractivity contribution >= 4 is 11.8 Å². The molecule has 1 fully saturated rings. The Bertz CT molecular complexity index is 363. The number of amides is 2. The molecule has 1 unspecified atom stereocenters. The average molecular weight is 255 g/mol. The predicted molar refractivity (Wildman–Crippen MR) is 61.8 cm³/mol. The Hall–Kier alpha value is -1.24. The summed E-state index contributed by atoms with van der Waals surface area (Å²) in [4.78, 5) is 24.6. The maximum atomic E-state index is 11.7. The zero-order chi connectivity index (χ0) is 13.3. The van der Waals surface area contributed by atoms with Gasteiger partial charge in [-0.15, -0.1) is 0 Å². The highest BCUT2D eigenvalue weighted by Crippen LogP contribution is 2.32. The molecule has 6 heteroatoms. The Morgan fingerprint density at radius 1 is 1.00 bits per heavy atom. The molecule has 18 heavy (non-hydrogen) atoms. The number of ether oxygens (including phenoxy) is 3. The summed E-state index contributed by atoms with van der Waals surface area (Å²) in [5.74, 6) is -0.614. The summed E-state index contributed by atoms with van der Waals surface area (Å²) in [6.45, 7) is 0. The molecular weight excluding hydrogens is 238 g/mol. The molecule has 0 aromatic heterocycles. The molecule has 0 bridgehead atoms. The SMILES string of the molecule is COC1C[C@H](N2C(=O)C=CC2=O)[C@H](OC)[C@H]1OC. The van der Waals surface area contributed by atoms with E-state index < -0.39 is 0 Å². The Morgan fingerprint density at radius 2 is 1.56 bits per heavy atom. The van der Waals surface area contributed by atoms with Crippen LogP contribution in [-0.2, 0) is 23.8 Å². The van der Waals surface area contributed by atoms with Gasteiger partial charge in [-0.05, 0) is 6.42 Å². The van der Waals surface area contributed by atoms with Gasteiger partial charge in [-0.3, -0.25) is 14.5 Å². The van der Waals surface area contributed by atoms with Crippen LogP contribution >= 0.6 is 0 Å². The summed E-state index contributed by atoms with van der Waals surface area (Å²) in [6.07, 6.45) is 2.23. The second-order valence-corrected chi connectivity index (χ2v) is 4.36. The molecule has 1 aliphatic carbocycles. The molecule has 2 aliphatic rings. The maximum Gasteiger partial charge on any atom is 0.253 e. The average Bonchev–Trinajstić information content (AvgIpc) is 2.88. The van der Waals surface area contributed by atoms with Gasteiger partial charge in [0, 0.05) is 33.5 Å². The van der Waals surface area contributed by atoms with Crippen molar-refractivity contribution in [3.05, 3.63) is 12.2 Å². The minimum Gasteiger partial charge on any atom is -0.379 e. The van der Waals surface area contributed by atoms with E-state index in [0.717, 1.165) is 0 Å². The van der Waals surface area contributed by atoms with E-state index in [1.54, 1.807) is 21.3 Å². The minimum atomic E-state index is -0.368. The van der Waals surface area contributed by atoms with Crippen molar-refractivity contribution in [1.82, 2.24) is 4.90 Å². The molecule has 4 atom stereocenters. The number of rotatable bonds is 4. The van der Waals surface area contributed by atoms with Crippen LogP contribution in [-0.4, -0.2) is 62.4 Å². The van der Waals surface area contributed by atoms with E-state index in [9.17, 15) is 9.59 Å². The Morgan fingerprint density at radius 3 is 2.00 bits per heavy atom. The van der Waals surface area contributed by atoms with Crippen LogP contribution in [0.5, 0.6) is 0 Å². The van der Waals surface area contributed by atoms with Gasteiger partial charge in [0.1, 0.15) is 12.2 Å². The minimum absolute atomic E-state index is 0.189. The fraction of sp³-hybridized carbons (Fsp3) is 0.667. The van der Waals surface area contributed by atoms with Crippen LogP contribution in [0.3, 0.4) is 0 Å². The highest BCUT2D eigenvalue weighted by atomic mass is 16.6. The quantitative estimate of drug-likeness (QED) is 0.647. The first-order valence-corrected chi connectivity index (χ1v) is 5.77. The molecule has 100 valence electrons. The number of hydrogen-bond donors (Lipinski definition) is 0. The highest BCUT2D eigenvalue weighted by Gasteiger charge is 2.50. The second kappa shape index (κ2) is 5.17. The van der Waals surface area contributed by atoms with Gasteiger partial charge in [-0.2, -0.15) is 0 Å². The second-order valence-electron chi connectivity index (χ2n) is 4.36. The van der Waals surface area contributed by atoms with Crippen molar-refractivity contribution in [2.45, 2.75) is 30.8 Å². The van der Waals surface area contributed by atoms with E-state index in [-0.39, 0.29) is 36.2 Å². The molecule has 0 N–H and O–H groups in total.